The quantitative estimate of drug-likeness (QED) is 0.258. The molecule has 0 saturated carbocycles. The first-order valence-corrected chi connectivity index (χ1v) is 13.1. The average molecular weight is 527 g/mol. The van der Waals surface area contributed by atoms with E-state index < -0.39 is 18.2 Å². The van der Waals surface area contributed by atoms with E-state index in [1.807, 2.05) is 53.2 Å². The highest BCUT2D eigenvalue weighted by atomic mass is 19.1. The van der Waals surface area contributed by atoms with Crippen LogP contribution in [-0.4, -0.2) is 38.0 Å². The summed E-state index contributed by atoms with van der Waals surface area (Å²) in [5.74, 6) is 0.0264. The standard InChI is InChI=1S/C31H31FN4O3/c1-3-20(2)30-27(14-13-26-18-25(37)19-29(38)39-26)31(21-9-11-22(32)12-10-21)36(35-30)24-15-16-33-28(17-24)34-23-7-5-4-6-8-23/h4-17,20,25-26,37H,3,18-19H2,1-2H3,(H,33,34)/t20?,25-,26-/m1/s1. The number of anilines is 2. The smallest absolute Gasteiger partial charge is 0.309 e. The normalized spacial score (nSPS) is 18.2. The Hall–Kier alpha value is -4.30. The fraction of sp³-hybridized carbons (Fsp3) is 0.258. The van der Waals surface area contributed by atoms with Gasteiger partial charge >= 0.3 is 5.97 Å². The molecule has 2 aromatic carbocycles. The van der Waals surface area contributed by atoms with Crippen LogP contribution in [0.25, 0.3) is 23.0 Å². The highest BCUT2D eigenvalue weighted by molar-refractivity contribution is 5.77. The minimum atomic E-state index is -0.735. The predicted molar refractivity (Wildman–Crippen MR) is 149 cm³/mol. The number of carbonyl (C=O) groups excluding carboxylic acids is 1. The lowest BCUT2D eigenvalue weighted by molar-refractivity contribution is -0.156. The number of nitrogens with one attached hydrogen (secondary N) is 1. The Morgan fingerprint density at radius 2 is 1.95 bits per heavy atom. The third-order valence-corrected chi connectivity index (χ3v) is 6.85. The van der Waals surface area contributed by atoms with Gasteiger partial charge in [-0.3, -0.25) is 4.79 Å². The van der Waals surface area contributed by atoms with Gasteiger partial charge in [0.15, 0.2) is 0 Å². The zero-order chi connectivity index (χ0) is 27.4. The van der Waals surface area contributed by atoms with Gasteiger partial charge in [0.05, 0.1) is 29.6 Å². The number of cyclic esters (lactones) is 1. The number of pyridine rings is 1. The maximum absolute atomic E-state index is 13.9. The average Bonchev–Trinajstić information content (AvgIpc) is 3.31. The van der Waals surface area contributed by atoms with E-state index in [2.05, 4.69) is 24.1 Å². The molecule has 4 aromatic rings. The van der Waals surface area contributed by atoms with Gasteiger partial charge in [0.25, 0.3) is 0 Å². The maximum atomic E-state index is 13.9. The first kappa shape index (κ1) is 26.3. The van der Waals surface area contributed by atoms with Crippen molar-refractivity contribution >= 4 is 23.6 Å². The van der Waals surface area contributed by atoms with Gasteiger partial charge in [0, 0.05) is 41.4 Å². The SMILES string of the molecule is CCC(C)c1nn(-c2ccnc(Nc3ccccc3)c2)c(-c2ccc(F)cc2)c1C=C[C@@H]1C[C@@H](O)CC(=O)O1. The van der Waals surface area contributed by atoms with Gasteiger partial charge in [-0.25, -0.2) is 14.1 Å². The fourth-order valence-electron chi connectivity index (χ4n) is 4.66. The lowest BCUT2D eigenvalue weighted by atomic mass is 9.96. The van der Waals surface area contributed by atoms with E-state index >= 15 is 0 Å². The van der Waals surface area contributed by atoms with Gasteiger partial charge < -0.3 is 15.2 Å². The lowest BCUT2D eigenvalue weighted by Crippen LogP contribution is -2.31. The van der Waals surface area contributed by atoms with Crippen LogP contribution < -0.4 is 5.32 Å². The molecule has 0 spiro atoms. The Labute approximate surface area is 227 Å². The Balaban J connectivity index is 1.63. The van der Waals surface area contributed by atoms with Gasteiger partial charge in [-0.1, -0.05) is 38.1 Å². The van der Waals surface area contributed by atoms with Crippen molar-refractivity contribution in [3.8, 4) is 16.9 Å². The highest BCUT2D eigenvalue weighted by Crippen LogP contribution is 2.35. The zero-order valence-electron chi connectivity index (χ0n) is 21.9. The number of halogens is 1. The van der Waals surface area contributed by atoms with Gasteiger partial charge in [-0.2, -0.15) is 5.10 Å². The molecule has 0 bridgehead atoms. The number of hydrogen-bond acceptors (Lipinski definition) is 6. The Bertz CT molecular complexity index is 1470. The molecule has 1 aliphatic heterocycles. The van der Waals surface area contributed by atoms with E-state index in [0.29, 0.717) is 12.2 Å². The van der Waals surface area contributed by atoms with Crippen LogP contribution in [0.15, 0.2) is 79.0 Å². The molecule has 1 aliphatic rings. The number of nitrogens with zero attached hydrogens (tertiary/aromatic N) is 3. The van der Waals surface area contributed by atoms with E-state index in [9.17, 15) is 14.3 Å². The molecule has 8 heteroatoms. The van der Waals surface area contributed by atoms with Gasteiger partial charge in [-0.15, -0.1) is 0 Å². The van der Waals surface area contributed by atoms with Crippen molar-refractivity contribution in [1.29, 1.82) is 0 Å². The molecule has 2 aromatic heterocycles. The summed E-state index contributed by atoms with van der Waals surface area (Å²) in [7, 11) is 0. The van der Waals surface area contributed by atoms with Crippen molar-refractivity contribution in [3.63, 3.8) is 0 Å². The molecule has 1 unspecified atom stereocenters. The maximum Gasteiger partial charge on any atom is 0.309 e. The summed E-state index contributed by atoms with van der Waals surface area (Å²) in [6.07, 6.45) is 5.34. The van der Waals surface area contributed by atoms with Crippen LogP contribution in [0.2, 0.25) is 0 Å². The first-order valence-electron chi connectivity index (χ1n) is 13.1. The summed E-state index contributed by atoms with van der Waals surface area (Å²) in [5, 5.41) is 18.4. The minimum absolute atomic E-state index is 0.00259. The van der Waals surface area contributed by atoms with Crippen molar-refractivity contribution in [2.45, 2.75) is 51.2 Å². The lowest BCUT2D eigenvalue weighted by Gasteiger charge is -2.23. The molecule has 3 heterocycles. The Morgan fingerprint density at radius 3 is 2.67 bits per heavy atom. The van der Waals surface area contributed by atoms with E-state index in [0.717, 1.165) is 40.3 Å². The molecular formula is C31H31FN4O3. The zero-order valence-corrected chi connectivity index (χ0v) is 21.9. The summed E-state index contributed by atoms with van der Waals surface area (Å²) < 4.78 is 21.2. The van der Waals surface area contributed by atoms with Crippen LogP contribution in [0.3, 0.4) is 0 Å². The third-order valence-electron chi connectivity index (χ3n) is 6.85. The van der Waals surface area contributed by atoms with Crippen LogP contribution in [0.4, 0.5) is 15.9 Å². The van der Waals surface area contributed by atoms with Gasteiger partial charge in [0.1, 0.15) is 17.7 Å². The first-order chi connectivity index (χ1) is 18.9. The van der Waals surface area contributed by atoms with Gasteiger partial charge in [0.2, 0.25) is 0 Å². The summed E-state index contributed by atoms with van der Waals surface area (Å²) in [4.78, 5) is 16.4. The monoisotopic (exact) mass is 526 g/mol. The topological polar surface area (TPSA) is 89.3 Å². The summed E-state index contributed by atoms with van der Waals surface area (Å²) in [6, 6.07) is 19.9. The van der Waals surface area contributed by atoms with Crippen LogP contribution in [-0.2, 0) is 9.53 Å². The second-order valence-electron chi connectivity index (χ2n) is 9.75. The third kappa shape index (κ3) is 6.07. The molecule has 0 radical (unpaired) electrons. The highest BCUT2D eigenvalue weighted by Gasteiger charge is 2.27. The number of benzene rings is 2. The minimum Gasteiger partial charge on any atom is -0.458 e. The largest absolute Gasteiger partial charge is 0.458 e. The fourth-order valence-corrected chi connectivity index (χ4v) is 4.66. The molecule has 0 aliphatic carbocycles. The Morgan fingerprint density at radius 1 is 1.18 bits per heavy atom. The van der Waals surface area contributed by atoms with Crippen LogP contribution in [0.5, 0.6) is 0 Å². The Kier molecular flexibility index (Phi) is 7.84. The molecular weight excluding hydrogens is 495 g/mol. The molecule has 5 rings (SSSR count). The number of aliphatic hydroxyl groups is 1. The molecule has 1 saturated heterocycles. The number of hydrogen-bond donors (Lipinski definition) is 2. The van der Waals surface area contributed by atoms with Crippen molar-refractivity contribution in [2.24, 2.45) is 0 Å². The number of aromatic nitrogens is 3. The van der Waals surface area contributed by atoms with Crippen molar-refractivity contribution in [3.05, 3.63) is 96.1 Å². The second-order valence-corrected chi connectivity index (χ2v) is 9.75. The number of rotatable bonds is 8. The predicted octanol–water partition coefficient (Wildman–Crippen LogP) is 6.41. The second kappa shape index (κ2) is 11.6. The van der Waals surface area contributed by atoms with Crippen molar-refractivity contribution < 1.29 is 19.0 Å². The van der Waals surface area contributed by atoms with Crippen molar-refractivity contribution in [1.82, 2.24) is 14.8 Å². The number of aliphatic hydroxyl groups excluding tert-OH is 1. The van der Waals surface area contributed by atoms with E-state index in [1.165, 1.54) is 12.1 Å². The van der Waals surface area contributed by atoms with E-state index in [-0.39, 0.29) is 18.2 Å². The van der Waals surface area contributed by atoms with E-state index in [4.69, 9.17) is 9.84 Å². The number of para-hydroxylation sites is 1. The van der Waals surface area contributed by atoms with E-state index in [1.54, 1.807) is 24.4 Å². The number of carbonyl (C=O) groups is 1. The van der Waals surface area contributed by atoms with Crippen LogP contribution in [0.1, 0.15) is 50.3 Å². The molecule has 1 fully saturated rings. The molecule has 200 valence electrons. The molecule has 7 nitrogen and oxygen atoms in total. The molecule has 0 amide bonds. The van der Waals surface area contributed by atoms with Crippen LogP contribution >= 0.6 is 0 Å². The number of esters is 1. The molecule has 2 N–H and O–H groups in total. The summed E-state index contributed by atoms with van der Waals surface area (Å²) in [6.45, 7) is 4.21. The molecule has 39 heavy (non-hydrogen) atoms. The van der Waals surface area contributed by atoms with Gasteiger partial charge in [-0.05, 0) is 55.0 Å². The summed E-state index contributed by atoms with van der Waals surface area (Å²) >= 11 is 0. The summed E-state index contributed by atoms with van der Waals surface area (Å²) in [5.41, 5.74) is 4.97. The molecule has 3 atom stereocenters. The van der Waals surface area contributed by atoms with Crippen LogP contribution in [0, 0.1) is 5.82 Å². The number of ether oxygens (including phenoxy) is 1. The van der Waals surface area contributed by atoms with Crippen molar-refractivity contribution in [2.75, 3.05) is 5.32 Å².